The summed E-state index contributed by atoms with van der Waals surface area (Å²) in [6, 6.07) is 10.1. The van der Waals surface area contributed by atoms with Crippen LogP contribution in [0.3, 0.4) is 0 Å². The summed E-state index contributed by atoms with van der Waals surface area (Å²) in [5.41, 5.74) is 1.63. The summed E-state index contributed by atoms with van der Waals surface area (Å²) in [6.45, 7) is 4.67. The molecule has 1 heterocycles. The van der Waals surface area contributed by atoms with E-state index >= 15 is 0 Å². The molecule has 0 aliphatic rings. The third kappa shape index (κ3) is 8.94. The standard InChI is InChI=1S/C31H40F3NO2/c1-3-5-7-9-10-11-13-26(32)22-37-31-27-16-14-23(19-25(27)20-28(33)30(31)34)24-15-17-29(35-21-24)36-18-12-8-6-4-2/h14-17,19-21,26H,3-13,18,22H2,1-2H3/t26-/m1/s1. The Balaban J connectivity index is 1.63. The molecule has 6 heteroatoms. The first-order valence-corrected chi connectivity index (χ1v) is 13.8. The van der Waals surface area contributed by atoms with Gasteiger partial charge in [-0.3, -0.25) is 0 Å². The second-order valence-electron chi connectivity index (χ2n) is 9.70. The molecule has 2 aromatic carbocycles. The molecule has 0 fully saturated rings. The Hall–Kier alpha value is -2.76. The van der Waals surface area contributed by atoms with E-state index < -0.39 is 17.8 Å². The number of unbranched alkanes of at least 4 members (excludes halogenated alkanes) is 8. The molecule has 202 valence electrons. The summed E-state index contributed by atoms with van der Waals surface area (Å²) < 4.78 is 54.6. The van der Waals surface area contributed by atoms with E-state index in [4.69, 9.17) is 9.47 Å². The molecule has 37 heavy (non-hydrogen) atoms. The Kier molecular flexibility index (Phi) is 12.1. The molecule has 0 saturated carbocycles. The maximum absolute atomic E-state index is 14.6. The fourth-order valence-corrected chi connectivity index (χ4v) is 4.38. The van der Waals surface area contributed by atoms with Crippen LogP contribution >= 0.6 is 0 Å². The molecular weight excluding hydrogens is 475 g/mol. The fourth-order valence-electron chi connectivity index (χ4n) is 4.38. The Morgan fingerprint density at radius 1 is 0.784 bits per heavy atom. The molecular formula is C31H40F3NO2. The van der Waals surface area contributed by atoms with Crippen molar-refractivity contribution in [3.63, 3.8) is 0 Å². The molecule has 0 amide bonds. The number of alkyl halides is 1. The van der Waals surface area contributed by atoms with Crippen molar-refractivity contribution in [2.75, 3.05) is 13.2 Å². The van der Waals surface area contributed by atoms with Gasteiger partial charge in [0.25, 0.3) is 0 Å². The lowest BCUT2D eigenvalue weighted by atomic mass is 10.0. The van der Waals surface area contributed by atoms with Crippen LogP contribution in [0, 0.1) is 11.6 Å². The number of aromatic nitrogens is 1. The van der Waals surface area contributed by atoms with Crippen LogP contribution in [0.4, 0.5) is 13.2 Å². The highest BCUT2D eigenvalue weighted by atomic mass is 19.2. The van der Waals surface area contributed by atoms with Crippen molar-refractivity contribution in [1.29, 1.82) is 0 Å². The van der Waals surface area contributed by atoms with E-state index in [0.717, 1.165) is 49.3 Å². The van der Waals surface area contributed by atoms with Crippen LogP contribution in [-0.4, -0.2) is 24.4 Å². The van der Waals surface area contributed by atoms with Gasteiger partial charge in [0.05, 0.1) is 6.61 Å². The van der Waals surface area contributed by atoms with E-state index in [2.05, 4.69) is 18.8 Å². The Morgan fingerprint density at radius 3 is 2.22 bits per heavy atom. The summed E-state index contributed by atoms with van der Waals surface area (Å²) >= 11 is 0. The zero-order chi connectivity index (χ0) is 26.5. The Bertz CT molecular complexity index is 1090. The molecule has 1 aromatic heterocycles. The number of pyridine rings is 1. The highest BCUT2D eigenvalue weighted by molar-refractivity contribution is 5.92. The highest BCUT2D eigenvalue weighted by Crippen LogP contribution is 2.34. The second-order valence-corrected chi connectivity index (χ2v) is 9.70. The van der Waals surface area contributed by atoms with Crippen LogP contribution in [0.25, 0.3) is 21.9 Å². The minimum absolute atomic E-state index is 0.239. The first-order valence-electron chi connectivity index (χ1n) is 13.8. The summed E-state index contributed by atoms with van der Waals surface area (Å²) in [7, 11) is 0. The quantitative estimate of drug-likeness (QED) is 0.168. The molecule has 0 unspecified atom stereocenters. The van der Waals surface area contributed by atoms with Crippen molar-refractivity contribution in [1.82, 2.24) is 4.98 Å². The summed E-state index contributed by atoms with van der Waals surface area (Å²) in [4.78, 5) is 4.37. The monoisotopic (exact) mass is 515 g/mol. The van der Waals surface area contributed by atoms with Gasteiger partial charge in [-0.1, -0.05) is 77.7 Å². The van der Waals surface area contributed by atoms with Gasteiger partial charge in [0.2, 0.25) is 11.7 Å². The van der Waals surface area contributed by atoms with Crippen LogP contribution in [0.15, 0.2) is 42.6 Å². The van der Waals surface area contributed by atoms with Gasteiger partial charge >= 0.3 is 0 Å². The normalized spacial score (nSPS) is 12.1. The van der Waals surface area contributed by atoms with Crippen LogP contribution in [0.5, 0.6) is 11.6 Å². The Morgan fingerprint density at radius 2 is 1.49 bits per heavy atom. The number of fused-ring (bicyclic) bond motifs is 1. The Labute approximate surface area is 219 Å². The number of ether oxygens (including phenoxy) is 2. The van der Waals surface area contributed by atoms with Crippen molar-refractivity contribution in [2.24, 2.45) is 0 Å². The molecule has 1 atom stereocenters. The summed E-state index contributed by atoms with van der Waals surface area (Å²) in [6.07, 6.45) is 11.7. The van der Waals surface area contributed by atoms with Gasteiger partial charge in [-0.15, -0.1) is 0 Å². The highest BCUT2D eigenvalue weighted by Gasteiger charge is 2.18. The van der Waals surface area contributed by atoms with Crippen molar-refractivity contribution in [2.45, 2.75) is 90.6 Å². The van der Waals surface area contributed by atoms with Crippen LogP contribution in [0.2, 0.25) is 0 Å². The topological polar surface area (TPSA) is 31.4 Å². The summed E-state index contributed by atoms with van der Waals surface area (Å²) in [5, 5.41) is 0.892. The fraction of sp³-hybridized carbons (Fsp3) is 0.516. The van der Waals surface area contributed by atoms with Gasteiger partial charge in [0, 0.05) is 23.2 Å². The molecule has 0 radical (unpaired) electrons. The van der Waals surface area contributed by atoms with E-state index in [9.17, 15) is 13.2 Å². The number of rotatable bonds is 17. The first-order chi connectivity index (χ1) is 18.0. The predicted octanol–water partition coefficient (Wildman–Crippen LogP) is 9.61. The van der Waals surface area contributed by atoms with Gasteiger partial charge in [-0.05, 0) is 48.1 Å². The largest absolute Gasteiger partial charge is 0.487 e. The average Bonchev–Trinajstić information content (AvgIpc) is 2.91. The van der Waals surface area contributed by atoms with Crippen molar-refractivity contribution < 1.29 is 22.6 Å². The molecule has 0 saturated heterocycles. The lowest BCUT2D eigenvalue weighted by Gasteiger charge is -2.14. The number of nitrogens with zero attached hydrogens (tertiary/aromatic N) is 1. The third-order valence-corrected chi connectivity index (χ3v) is 6.58. The van der Waals surface area contributed by atoms with E-state index in [1.807, 2.05) is 12.1 Å². The van der Waals surface area contributed by atoms with Crippen molar-refractivity contribution in [3.8, 4) is 22.8 Å². The molecule has 0 aliphatic heterocycles. The maximum Gasteiger partial charge on any atom is 0.213 e. The first kappa shape index (κ1) is 28.8. The molecule has 0 aliphatic carbocycles. The van der Waals surface area contributed by atoms with Gasteiger partial charge in [-0.2, -0.15) is 4.39 Å². The number of benzene rings is 2. The van der Waals surface area contributed by atoms with E-state index in [1.165, 1.54) is 32.1 Å². The third-order valence-electron chi connectivity index (χ3n) is 6.58. The molecule has 3 aromatic rings. The summed E-state index contributed by atoms with van der Waals surface area (Å²) in [5.74, 6) is -1.78. The van der Waals surface area contributed by atoms with Crippen molar-refractivity contribution >= 4 is 10.8 Å². The van der Waals surface area contributed by atoms with Gasteiger partial charge in [-0.25, -0.2) is 13.8 Å². The average molecular weight is 516 g/mol. The SMILES string of the molecule is CCCCCCCC[C@@H](F)COc1c(F)c(F)cc2cc(-c3ccc(OCCCCCC)nc3)ccc12. The van der Waals surface area contributed by atoms with Crippen LogP contribution in [0.1, 0.15) is 84.5 Å². The number of hydrogen-bond acceptors (Lipinski definition) is 3. The van der Waals surface area contributed by atoms with E-state index in [0.29, 0.717) is 29.7 Å². The lowest BCUT2D eigenvalue weighted by Crippen LogP contribution is -2.14. The maximum atomic E-state index is 14.6. The molecule has 3 rings (SSSR count). The van der Waals surface area contributed by atoms with E-state index in [-0.39, 0.29) is 12.4 Å². The smallest absolute Gasteiger partial charge is 0.213 e. The number of halogens is 3. The van der Waals surface area contributed by atoms with Crippen LogP contribution < -0.4 is 9.47 Å². The van der Waals surface area contributed by atoms with Gasteiger partial charge < -0.3 is 9.47 Å². The molecule has 0 N–H and O–H groups in total. The molecule has 0 bridgehead atoms. The zero-order valence-electron chi connectivity index (χ0n) is 22.2. The van der Waals surface area contributed by atoms with Crippen LogP contribution in [-0.2, 0) is 0 Å². The second kappa shape index (κ2) is 15.5. The lowest BCUT2D eigenvalue weighted by molar-refractivity contribution is 0.179. The predicted molar refractivity (Wildman–Crippen MR) is 145 cm³/mol. The molecule has 3 nitrogen and oxygen atoms in total. The molecule has 0 spiro atoms. The zero-order valence-corrected chi connectivity index (χ0v) is 22.2. The van der Waals surface area contributed by atoms with Gasteiger partial charge in [0.1, 0.15) is 12.8 Å². The van der Waals surface area contributed by atoms with E-state index in [1.54, 1.807) is 24.4 Å². The minimum Gasteiger partial charge on any atom is -0.487 e. The number of hydrogen-bond donors (Lipinski definition) is 0. The van der Waals surface area contributed by atoms with Gasteiger partial charge in [0.15, 0.2) is 11.6 Å². The van der Waals surface area contributed by atoms with Crippen molar-refractivity contribution in [3.05, 3.63) is 54.2 Å². The minimum atomic E-state index is -1.22.